The van der Waals surface area contributed by atoms with E-state index in [0.717, 1.165) is 6.42 Å². The third kappa shape index (κ3) is 6.94. The second kappa shape index (κ2) is 8.98. The van der Waals surface area contributed by atoms with Gasteiger partial charge >= 0.3 is 0 Å². The Morgan fingerprint density at radius 3 is 2.35 bits per heavy atom. The highest BCUT2D eigenvalue weighted by atomic mass is 16.2. The van der Waals surface area contributed by atoms with Crippen molar-refractivity contribution in [3.05, 3.63) is 0 Å². The van der Waals surface area contributed by atoms with Crippen molar-refractivity contribution < 1.29 is 9.59 Å². The molecule has 0 aromatic heterocycles. The SMILES string of the molecule is CCN(CC)C(=O)CNC(=O)CCC(C)CN. The standard InChI is InChI=1S/C12H25N3O2/c1-4-15(5-2)12(17)9-14-11(16)7-6-10(3)8-13/h10H,4-9,13H2,1-3H3,(H,14,16). The zero-order valence-corrected chi connectivity index (χ0v) is 11.2. The molecular weight excluding hydrogens is 218 g/mol. The molecule has 0 aromatic rings. The van der Waals surface area contributed by atoms with Crippen molar-refractivity contribution in [2.45, 2.75) is 33.6 Å². The van der Waals surface area contributed by atoms with Crippen LogP contribution in [0, 0.1) is 5.92 Å². The van der Waals surface area contributed by atoms with Gasteiger partial charge in [-0.25, -0.2) is 0 Å². The predicted molar refractivity (Wildman–Crippen MR) is 68.4 cm³/mol. The number of carbonyl (C=O) groups excluding carboxylic acids is 2. The molecule has 5 nitrogen and oxygen atoms in total. The Labute approximate surface area is 104 Å². The van der Waals surface area contributed by atoms with Crippen LogP contribution >= 0.6 is 0 Å². The molecule has 0 spiro atoms. The molecule has 0 saturated carbocycles. The van der Waals surface area contributed by atoms with Gasteiger partial charge in [0.2, 0.25) is 11.8 Å². The van der Waals surface area contributed by atoms with E-state index in [1.54, 1.807) is 4.90 Å². The molecule has 3 N–H and O–H groups in total. The quantitative estimate of drug-likeness (QED) is 0.646. The van der Waals surface area contributed by atoms with E-state index in [9.17, 15) is 9.59 Å². The number of rotatable bonds is 8. The summed E-state index contributed by atoms with van der Waals surface area (Å²) < 4.78 is 0. The fourth-order valence-corrected chi connectivity index (χ4v) is 1.45. The van der Waals surface area contributed by atoms with Crippen molar-refractivity contribution >= 4 is 11.8 Å². The average Bonchev–Trinajstić information content (AvgIpc) is 2.34. The molecule has 1 atom stereocenters. The summed E-state index contributed by atoms with van der Waals surface area (Å²) in [4.78, 5) is 24.7. The Kier molecular flexibility index (Phi) is 8.40. The molecule has 0 fully saturated rings. The topological polar surface area (TPSA) is 75.4 Å². The summed E-state index contributed by atoms with van der Waals surface area (Å²) >= 11 is 0. The van der Waals surface area contributed by atoms with E-state index in [2.05, 4.69) is 5.32 Å². The summed E-state index contributed by atoms with van der Waals surface area (Å²) in [5.41, 5.74) is 5.46. The van der Waals surface area contributed by atoms with Crippen molar-refractivity contribution in [2.24, 2.45) is 11.7 Å². The van der Waals surface area contributed by atoms with Crippen LogP contribution in [0.3, 0.4) is 0 Å². The van der Waals surface area contributed by atoms with Crippen molar-refractivity contribution in [3.63, 3.8) is 0 Å². The molecule has 2 amide bonds. The fraction of sp³-hybridized carbons (Fsp3) is 0.833. The molecule has 1 unspecified atom stereocenters. The molecular formula is C12H25N3O2. The first-order valence-corrected chi connectivity index (χ1v) is 6.29. The molecule has 0 saturated heterocycles. The van der Waals surface area contributed by atoms with E-state index >= 15 is 0 Å². The summed E-state index contributed by atoms with van der Waals surface area (Å²) in [7, 11) is 0. The Morgan fingerprint density at radius 1 is 1.29 bits per heavy atom. The summed E-state index contributed by atoms with van der Waals surface area (Å²) in [6.07, 6.45) is 1.20. The van der Waals surface area contributed by atoms with Crippen LogP contribution < -0.4 is 11.1 Å². The van der Waals surface area contributed by atoms with Gasteiger partial charge in [-0.05, 0) is 32.7 Å². The van der Waals surface area contributed by atoms with E-state index in [1.807, 2.05) is 20.8 Å². The number of nitrogens with two attached hydrogens (primary N) is 1. The first kappa shape index (κ1) is 15.9. The molecule has 5 heteroatoms. The maximum atomic E-state index is 11.6. The van der Waals surface area contributed by atoms with E-state index in [-0.39, 0.29) is 18.4 Å². The third-order valence-corrected chi connectivity index (χ3v) is 2.82. The molecule has 0 bridgehead atoms. The van der Waals surface area contributed by atoms with E-state index in [4.69, 9.17) is 5.73 Å². The van der Waals surface area contributed by atoms with Crippen molar-refractivity contribution in [3.8, 4) is 0 Å². The van der Waals surface area contributed by atoms with Crippen LogP contribution in [0.1, 0.15) is 33.6 Å². The van der Waals surface area contributed by atoms with Crippen LogP contribution in [0.2, 0.25) is 0 Å². The maximum absolute atomic E-state index is 11.6. The molecule has 0 rings (SSSR count). The van der Waals surface area contributed by atoms with Crippen molar-refractivity contribution in [2.75, 3.05) is 26.2 Å². The number of nitrogens with one attached hydrogen (secondary N) is 1. The second-order valence-electron chi connectivity index (χ2n) is 4.22. The molecule has 100 valence electrons. The number of nitrogens with zero attached hydrogens (tertiary/aromatic N) is 1. The minimum absolute atomic E-state index is 0.0322. The molecule has 0 radical (unpaired) electrons. The van der Waals surface area contributed by atoms with Crippen molar-refractivity contribution in [1.29, 1.82) is 0 Å². The van der Waals surface area contributed by atoms with Gasteiger partial charge in [-0.1, -0.05) is 6.92 Å². The van der Waals surface area contributed by atoms with Crippen LogP contribution in [0.15, 0.2) is 0 Å². The summed E-state index contributed by atoms with van der Waals surface area (Å²) in [6, 6.07) is 0. The molecule has 0 aromatic carbocycles. The number of amides is 2. The average molecular weight is 243 g/mol. The molecule has 0 aliphatic carbocycles. The van der Waals surface area contributed by atoms with Gasteiger partial charge in [0, 0.05) is 19.5 Å². The lowest BCUT2D eigenvalue weighted by Crippen LogP contribution is -2.40. The summed E-state index contributed by atoms with van der Waals surface area (Å²) in [6.45, 7) is 7.89. The van der Waals surface area contributed by atoms with E-state index in [0.29, 0.717) is 32.0 Å². The largest absolute Gasteiger partial charge is 0.347 e. The van der Waals surface area contributed by atoms with Crippen molar-refractivity contribution in [1.82, 2.24) is 10.2 Å². The first-order chi connectivity index (χ1) is 8.04. The maximum Gasteiger partial charge on any atom is 0.241 e. The minimum atomic E-state index is -0.0780. The number of hydrogen-bond donors (Lipinski definition) is 2. The van der Waals surface area contributed by atoms with Gasteiger partial charge in [-0.3, -0.25) is 9.59 Å². The van der Waals surface area contributed by atoms with Gasteiger partial charge < -0.3 is 16.0 Å². The van der Waals surface area contributed by atoms with Crippen LogP contribution in [-0.4, -0.2) is 42.9 Å². The smallest absolute Gasteiger partial charge is 0.241 e. The van der Waals surface area contributed by atoms with Gasteiger partial charge in [0.25, 0.3) is 0 Å². The molecule has 0 aliphatic rings. The molecule has 0 heterocycles. The van der Waals surface area contributed by atoms with E-state index in [1.165, 1.54) is 0 Å². The molecule has 0 aliphatic heterocycles. The summed E-state index contributed by atoms with van der Waals surface area (Å²) in [5.74, 6) is 0.236. The van der Waals surface area contributed by atoms with E-state index < -0.39 is 0 Å². The summed E-state index contributed by atoms with van der Waals surface area (Å²) in [5, 5.41) is 2.64. The van der Waals surface area contributed by atoms with Crippen LogP contribution in [0.4, 0.5) is 0 Å². The lowest BCUT2D eigenvalue weighted by atomic mass is 10.1. The van der Waals surface area contributed by atoms with Gasteiger partial charge in [0.05, 0.1) is 6.54 Å². The predicted octanol–water partition coefficient (Wildman–Crippen LogP) is 0.346. The Morgan fingerprint density at radius 2 is 1.88 bits per heavy atom. The van der Waals surface area contributed by atoms with Gasteiger partial charge in [0.15, 0.2) is 0 Å². The monoisotopic (exact) mass is 243 g/mol. The second-order valence-corrected chi connectivity index (χ2v) is 4.22. The zero-order chi connectivity index (χ0) is 13.3. The number of likely N-dealkylation sites (N-methyl/N-ethyl adjacent to an activating group) is 1. The highest BCUT2D eigenvalue weighted by Crippen LogP contribution is 2.02. The lowest BCUT2D eigenvalue weighted by molar-refractivity contribution is -0.132. The third-order valence-electron chi connectivity index (χ3n) is 2.82. The highest BCUT2D eigenvalue weighted by Gasteiger charge is 2.11. The number of hydrogen-bond acceptors (Lipinski definition) is 3. The Bertz CT molecular complexity index is 240. The zero-order valence-electron chi connectivity index (χ0n) is 11.2. The van der Waals surface area contributed by atoms with Crippen LogP contribution in [0.25, 0.3) is 0 Å². The van der Waals surface area contributed by atoms with Crippen LogP contribution in [-0.2, 0) is 9.59 Å². The van der Waals surface area contributed by atoms with Crippen LogP contribution in [0.5, 0.6) is 0 Å². The highest BCUT2D eigenvalue weighted by molar-refractivity contribution is 5.84. The first-order valence-electron chi connectivity index (χ1n) is 6.29. The van der Waals surface area contributed by atoms with Gasteiger partial charge in [0.1, 0.15) is 0 Å². The normalized spacial score (nSPS) is 12.0. The minimum Gasteiger partial charge on any atom is -0.347 e. The lowest BCUT2D eigenvalue weighted by Gasteiger charge is -2.18. The Balaban J connectivity index is 3.80. The fourth-order valence-electron chi connectivity index (χ4n) is 1.45. The van der Waals surface area contributed by atoms with Gasteiger partial charge in [-0.2, -0.15) is 0 Å². The Hall–Kier alpha value is -1.10. The van der Waals surface area contributed by atoms with Gasteiger partial charge in [-0.15, -0.1) is 0 Å². The molecule has 17 heavy (non-hydrogen) atoms. The number of carbonyl (C=O) groups is 2.